The van der Waals surface area contributed by atoms with Crippen LogP contribution in [0.3, 0.4) is 0 Å². The zero-order valence-corrected chi connectivity index (χ0v) is 19.0. The molecular weight excluding hydrogens is 416 g/mol. The summed E-state index contributed by atoms with van der Waals surface area (Å²) in [6, 6.07) is 18.7. The van der Waals surface area contributed by atoms with Crippen molar-refractivity contribution in [2.75, 3.05) is 26.2 Å². The van der Waals surface area contributed by atoms with E-state index in [0.717, 1.165) is 50.9 Å². The molecule has 0 aliphatic carbocycles. The molecule has 2 saturated heterocycles. The van der Waals surface area contributed by atoms with Gasteiger partial charge in [0.05, 0.1) is 12.1 Å². The van der Waals surface area contributed by atoms with E-state index in [-0.39, 0.29) is 18.6 Å². The van der Waals surface area contributed by atoms with Crippen molar-refractivity contribution in [3.05, 3.63) is 71.3 Å². The molecule has 2 heterocycles. The second-order valence-corrected chi connectivity index (χ2v) is 9.11. The van der Waals surface area contributed by atoms with Crippen molar-refractivity contribution >= 4 is 11.8 Å². The van der Waals surface area contributed by atoms with Gasteiger partial charge in [0.25, 0.3) is 0 Å². The van der Waals surface area contributed by atoms with E-state index in [1.807, 2.05) is 30.3 Å². The maximum Gasteiger partial charge on any atom is 0.303 e. The van der Waals surface area contributed by atoms with Gasteiger partial charge in [0.15, 0.2) is 0 Å². The average molecular weight is 451 g/mol. The van der Waals surface area contributed by atoms with Crippen LogP contribution < -0.4 is 11.2 Å². The zero-order chi connectivity index (χ0) is 23.0. The van der Waals surface area contributed by atoms with Crippen molar-refractivity contribution in [1.82, 2.24) is 10.4 Å². The lowest BCUT2D eigenvalue weighted by Gasteiger charge is -2.32. The molecule has 0 aromatic heterocycles. The molecule has 0 bridgehead atoms. The predicted molar refractivity (Wildman–Crippen MR) is 129 cm³/mol. The highest BCUT2D eigenvalue weighted by atomic mass is 16.7. The van der Waals surface area contributed by atoms with Crippen LogP contribution in [-0.4, -0.2) is 54.1 Å². The molecule has 2 aromatic carbocycles. The van der Waals surface area contributed by atoms with Gasteiger partial charge in [-0.1, -0.05) is 54.6 Å². The number of hydroxylamine groups is 1. The summed E-state index contributed by atoms with van der Waals surface area (Å²) >= 11 is 0. The molecule has 0 saturated carbocycles. The van der Waals surface area contributed by atoms with Crippen molar-refractivity contribution in [1.29, 1.82) is 0 Å². The van der Waals surface area contributed by atoms with E-state index in [2.05, 4.69) is 39.6 Å². The maximum absolute atomic E-state index is 10.9. The van der Waals surface area contributed by atoms with Crippen LogP contribution in [0.1, 0.15) is 48.4 Å². The van der Waals surface area contributed by atoms with Crippen LogP contribution in [0.15, 0.2) is 59.6 Å². The third-order valence-electron chi connectivity index (χ3n) is 6.64. The minimum atomic E-state index is -0.689. The molecule has 2 atom stereocenters. The number of benzene rings is 2. The lowest BCUT2D eigenvalue weighted by atomic mass is 9.93. The standard InChI is InChI=1S/C26H34N4O3/c27-26(28-13-10-19-4-2-1-3-5-19)22-8-6-21(7-9-22)24-17-23(33-29-24)18-30-14-11-20(12-15-30)16-25(31)32/h1-9,20,23-24,29H,10-18H2,(H2,27,28)(H,31,32). The molecule has 4 N–H and O–H groups in total. The van der Waals surface area contributed by atoms with Gasteiger partial charge in [-0.25, -0.2) is 0 Å². The number of amidine groups is 1. The van der Waals surface area contributed by atoms with Crippen LogP contribution in [-0.2, 0) is 16.1 Å². The number of rotatable bonds is 9. The molecule has 2 fully saturated rings. The number of piperidine rings is 1. The molecule has 0 amide bonds. The fourth-order valence-corrected chi connectivity index (χ4v) is 4.69. The van der Waals surface area contributed by atoms with E-state index in [1.54, 1.807) is 0 Å². The molecule has 176 valence electrons. The zero-order valence-electron chi connectivity index (χ0n) is 19.0. The smallest absolute Gasteiger partial charge is 0.303 e. The van der Waals surface area contributed by atoms with Crippen molar-refractivity contribution in [3.8, 4) is 0 Å². The molecule has 2 aliphatic rings. The monoisotopic (exact) mass is 450 g/mol. The summed E-state index contributed by atoms with van der Waals surface area (Å²) in [5.41, 5.74) is 12.8. The first-order valence-electron chi connectivity index (χ1n) is 11.9. The van der Waals surface area contributed by atoms with Crippen molar-refractivity contribution < 1.29 is 14.7 Å². The Hall–Kier alpha value is -2.74. The summed E-state index contributed by atoms with van der Waals surface area (Å²) < 4.78 is 0. The van der Waals surface area contributed by atoms with Crippen molar-refractivity contribution in [3.63, 3.8) is 0 Å². The number of aliphatic carboxylic acids is 1. The molecule has 7 heteroatoms. The van der Waals surface area contributed by atoms with Crippen LogP contribution in [0.25, 0.3) is 0 Å². The van der Waals surface area contributed by atoms with Crippen molar-refractivity contribution in [2.24, 2.45) is 16.6 Å². The lowest BCUT2D eigenvalue weighted by Crippen LogP contribution is -2.39. The first-order chi connectivity index (χ1) is 16.1. The fraction of sp³-hybridized carbons (Fsp3) is 0.462. The number of nitrogens with two attached hydrogens (primary N) is 1. The summed E-state index contributed by atoms with van der Waals surface area (Å²) in [7, 11) is 0. The van der Waals surface area contributed by atoms with Crippen LogP contribution in [0.2, 0.25) is 0 Å². The molecule has 0 radical (unpaired) electrons. The van der Waals surface area contributed by atoms with Gasteiger partial charge in [-0.3, -0.25) is 14.6 Å². The Morgan fingerprint density at radius 3 is 2.55 bits per heavy atom. The number of nitrogens with one attached hydrogen (secondary N) is 1. The van der Waals surface area contributed by atoms with Crippen LogP contribution in [0.4, 0.5) is 0 Å². The molecule has 0 spiro atoms. The number of carboxylic acids is 1. The molecule has 4 rings (SSSR count). The number of hydrogen-bond donors (Lipinski definition) is 3. The Bertz CT molecular complexity index is 924. The Morgan fingerprint density at radius 1 is 1.12 bits per heavy atom. The highest BCUT2D eigenvalue weighted by molar-refractivity contribution is 5.97. The fourth-order valence-electron chi connectivity index (χ4n) is 4.69. The molecule has 7 nitrogen and oxygen atoms in total. The number of aliphatic imine (C=N–C) groups is 1. The highest BCUT2D eigenvalue weighted by Gasteiger charge is 2.30. The predicted octanol–water partition coefficient (Wildman–Crippen LogP) is 3.16. The van der Waals surface area contributed by atoms with E-state index in [0.29, 0.717) is 18.3 Å². The van der Waals surface area contributed by atoms with Gasteiger partial charge < -0.3 is 15.7 Å². The normalized spacial score (nSPS) is 22.5. The topological polar surface area (TPSA) is 100 Å². The van der Waals surface area contributed by atoms with E-state index in [1.165, 1.54) is 11.1 Å². The second-order valence-electron chi connectivity index (χ2n) is 9.11. The first-order valence-corrected chi connectivity index (χ1v) is 11.9. The van der Waals surface area contributed by atoms with Gasteiger partial charge in [-0.2, -0.15) is 5.48 Å². The van der Waals surface area contributed by atoms with Crippen LogP contribution >= 0.6 is 0 Å². The summed E-state index contributed by atoms with van der Waals surface area (Å²) in [5.74, 6) is 0.185. The summed E-state index contributed by atoms with van der Waals surface area (Å²) in [6.45, 7) is 3.44. The van der Waals surface area contributed by atoms with Crippen LogP contribution in [0, 0.1) is 5.92 Å². The van der Waals surface area contributed by atoms with E-state index < -0.39 is 5.97 Å². The lowest BCUT2D eigenvalue weighted by molar-refractivity contribution is -0.138. The quantitative estimate of drug-likeness (QED) is 0.401. The molecule has 2 aromatic rings. The third kappa shape index (κ3) is 6.87. The van der Waals surface area contributed by atoms with Crippen molar-refractivity contribution in [2.45, 2.75) is 44.2 Å². The molecule has 33 heavy (non-hydrogen) atoms. The maximum atomic E-state index is 10.9. The molecule has 2 aliphatic heterocycles. The van der Waals surface area contributed by atoms with Gasteiger partial charge >= 0.3 is 5.97 Å². The number of carboxylic acid groups (broad SMARTS) is 1. The summed E-state index contributed by atoms with van der Waals surface area (Å²) in [5, 5.41) is 8.97. The van der Waals surface area contributed by atoms with Gasteiger partial charge in [-0.05, 0) is 55.8 Å². The second kappa shape index (κ2) is 11.4. The summed E-state index contributed by atoms with van der Waals surface area (Å²) in [4.78, 5) is 23.7. The average Bonchev–Trinajstić information content (AvgIpc) is 3.29. The Balaban J connectivity index is 1.22. The third-order valence-corrected chi connectivity index (χ3v) is 6.64. The minimum Gasteiger partial charge on any atom is -0.481 e. The number of carbonyl (C=O) groups is 1. The van der Waals surface area contributed by atoms with Gasteiger partial charge in [0.2, 0.25) is 0 Å². The van der Waals surface area contributed by atoms with E-state index in [4.69, 9.17) is 15.7 Å². The molecule has 2 unspecified atom stereocenters. The van der Waals surface area contributed by atoms with Crippen LogP contribution in [0.5, 0.6) is 0 Å². The van der Waals surface area contributed by atoms with Gasteiger partial charge in [-0.15, -0.1) is 0 Å². The number of likely N-dealkylation sites (tertiary alicyclic amines) is 1. The first kappa shape index (κ1) is 23.4. The molecular formula is C26H34N4O3. The van der Waals surface area contributed by atoms with Gasteiger partial charge in [0, 0.05) is 25.1 Å². The van der Waals surface area contributed by atoms with E-state index >= 15 is 0 Å². The Morgan fingerprint density at radius 2 is 1.85 bits per heavy atom. The minimum absolute atomic E-state index is 0.135. The highest BCUT2D eigenvalue weighted by Crippen LogP contribution is 2.27. The Kier molecular flexibility index (Phi) is 8.10. The largest absolute Gasteiger partial charge is 0.481 e. The van der Waals surface area contributed by atoms with E-state index in [9.17, 15) is 4.79 Å². The number of hydrogen-bond acceptors (Lipinski definition) is 5. The Labute approximate surface area is 195 Å². The van der Waals surface area contributed by atoms with Gasteiger partial charge in [0.1, 0.15) is 5.84 Å². The summed E-state index contributed by atoms with van der Waals surface area (Å²) in [6.07, 6.45) is 4.11. The SMILES string of the molecule is NC(=NCCc1ccccc1)c1ccc(C2CC(CN3CCC(CC(=O)O)CC3)ON2)cc1. The number of nitrogens with zero attached hydrogens (tertiary/aromatic N) is 2.